The predicted octanol–water partition coefficient (Wildman–Crippen LogP) is 3.76. The molecule has 11 nitrogen and oxygen atoms in total. The third-order valence-electron chi connectivity index (χ3n) is 4.97. The van der Waals surface area contributed by atoms with Crippen LogP contribution in [0.4, 0.5) is 0 Å². The van der Waals surface area contributed by atoms with Crippen LogP contribution < -0.4 is 10.6 Å². The number of aromatic nitrogens is 3. The summed E-state index contributed by atoms with van der Waals surface area (Å²) in [6.07, 6.45) is 2.92. The number of aryl methyl sites for hydroxylation is 1. The molecule has 3 aromatic heterocycles. The molecule has 0 saturated carbocycles. The maximum absolute atomic E-state index is 12.8. The summed E-state index contributed by atoms with van der Waals surface area (Å²) >= 11 is 1.37. The molecule has 2 atom stereocenters. The van der Waals surface area contributed by atoms with Crippen LogP contribution in [0.2, 0.25) is 0 Å². The zero-order valence-corrected chi connectivity index (χ0v) is 20.9. The Kier molecular flexibility index (Phi) is 8.18. The highest BCUT2D eigenvalue weighted by Crippen LogP contribution is 2.30. The van der Waals surface area contributed by atoms with Crippen LogP contribution >= 0.6 is 11.3 Å². The van der Waals surface area contributed by atoms with E-state index in [1.54, 1.807) is 25.3 Å². The molecule has 12 heteroatoms. The van der Waals surface area contributed by atoms with Crippen molar-refractivity contribution in [2.24, 2.45) is 5.92 Å². The first-order valence-electron chi connectivity index (χ1n) is 10.8. The maximum Gasteiger partial charge on any atom is 0.360 e. The van der Waals surface area contributed by atoms with E-state index in [1.165, 1.54) is 18.4 Å². The molecule has 0 aromatic carbocycles. The second-order valence-electron chi connectivity index (χ2n) is 8.03. The lowest BCUT2D eigenvalue weighted by atomic mass is 10.1. The van der Waals surface area contributed by atoms with E-state index in [4.69, 9.17) is 8.83 Å². The van der Waals surface area contributed by atoms with E-state index >= 15 is 0 Å². The van der Waals surface area contributed by atoms with E-state index in [1.807, 2.05) is 13.8 Å². The minimum absolute atomic E-state index is 0.00298. The van der Waals surface area contributed by atoms with Crippen molar-refractivity contribution in [3.63, 3.8) is 0 Å². The van der Waals surface area contributed by atoms with Gasteiger partial charge in [-0.15, -0.1) is 17.9 Å². The molecule has 0 aliphatic carbocycles. The summed E-state index contributed by atoms with van der Waals surface area (Å²) in [5, 5.41) is 8.15. The van der Waals surface area contributed by atoms with Gasteiger partial charge in [-0.05, 0) is 19.8 Å². The van der Waals surface area contributed by atoms with E-state index in [0.29, 0.717) is 16.5 Å². The molecule has 0 radical (unpaired) electrons. The Bertz CT molecular complexity index is 1230. The van der Waals surface area contributed by atoms with Crippen molar-refractivity contribution in [2.75, 3.05) is 7.11 Å². The van der Waals surface area contributed by atoms with E-state index < -0.39 is 17.9 Å². The number of methoxy groups -OCH3 is 1. The number of hydrogen-bond donors (Lipinski definition) is 2. The number of amides is 2. The van der Waals surface area contributed by atoms with E-state index in [0.717, 1.165) is 6.26 Å². The van der Waals surface area contributed by atoms with Crippen molar-refractivity contribution in [3.05, 3.63) is 52.3 Å². The van der Waals surface area contributed by atoms with Crippen molar-refractivity contribution in [2.45, 2.75) is 46.2 Å². The third kappa shape index (κ3) is 6.01. The van der Waals surface area contributed by atoms with Gasteiger partial charge in [-0.25, -0.2) is 19.7 Å². The zero-order chi connectivity index (χ0) is 25.7. The van der Waals surface area contributed by atoms with Crippen LogP contribution in [-0.2, 0) is 9.53 Å². The number of thiazole rings is 1. The van der Waals surface area contributed by atoms with E-state index in [9.17, 15) is 14.4 Å². The lowest BCUT2D eigenvalue weighted by Crippen LogP contribution is -2.31. The summed E-state index contributed by atoms with van der Waals surface area (Å²) < 4.78 is 15.6. The normalized spacial score (nSPS) is 12.7. The van der Waals surface area contributed by atoms with Gasteiger partial charge in [-0.2, -0.15) is 0 Å². The number of carbonyl (C=O) groups is 3. The highest BCUT2D eigenvalue weighted by atomic mass is 32.1. The molecule has 0 bridgehead atoms. The van der Waals surface area contributed by atoms with Crippen LogP contribution in [0.25, 0.3) is 11.6 Å². The average molecular weight is 502 g/mol. The smallest absolute Gasteiger partial charge is 0.360 e. The van der Waals surface area contributed by atoms with Gasteiger partial charge < -0.3 is 24.2 Å². The molecule has 0 spiro atoms. The summed E-state index contributed by atoms with van der Waals surface area (Å²) in [6, 6.07) is -0.922. The van der Waals surface area contributed by atoms with Crippen LogP contribution in [0.1, 0.15) is 76.9 Å². The molecule has 0 fully saturated rings. The lowest BCUT2D eigenvalue weighted by Gasteiger charge is -2.19. The number of carbonyl (C=O) groups excluding carboxylic acids is 3. The first kappa shape index (κ1) is 25.8. The van der Waals surface area contributed by atoms with Crippen LogP contribution in [-0.4, -0.2) is 39.8 Å². The number of ether oxygens (including phenoxy) is 1. The predicted molar refractivity (Wildman–Crippen MR) is 127 cm³/mol. The molecule has 2 amide bonds. The second-order valence-corrected chi connectivity index (χ2v) is 8.92. The molecular weight excluding hydrogens is 474 g/mol. The fraction of sp³-hybridized carbons (Fsp3) is 0.391. The number of oxazole rings is 2. The van der Waals surface area contributed by atoms with Gasteiger partial charge in [-0.3, -0.25) is 9.59 Å². The van der Waals surface area contributed by atoms with Gasteiger partial charge in [0.2, 0.25) is 17.7 Å². The highest BCUT2D eigenvalue weighted by molar-refractivity contribution is 7.10. The van der Waals surface area contributed by atoms with Crippen LogP contribution in [0.3, 0.4) is 0 Å². The number of hydrogen-bond acceptors (Lipinski definition) is 10. The first-order valence-corrected chi connectivity index (χ1v) is 11.7. The minimum Gasteiger partial charge on any atom is -0.464 e. The quantitative estimate of drug-likeness (QED) is 0.313. The van der Waals surface area contributed by atoms with Crippen LogP contribution in [0.15, 0.2) is 33.1 Å². The van der Waals surface area contributed by atoms with Crippen LogP contribution in [0, 0.1) is 12.8 Å². The van der Waals surface area contributed by atoms with Gasteiger partial charge >= 0.3 is 5.97 Å². The fourth-order valence-corrected chi connectivity index (χ4v) is 4.15. The van der Waals surface area contributed by atoms with Crippen molar-refractivity contribution in [3.8, 4) is 11.6 Å². The van der Waals surface area contributed by atoms with Crippen molar-refractivity contribution < 1.29 is 28.0 Å². The lowest BCUT2D eigenvalue weighted by molar-refractivity contribution is -0.121. The van der Waals surface area contributed by atoms with Crippen molar-refractivity contribution in [1.29, 1.82) is 0 Å². The Morgan fingerprint density at radius 2 is 1.94 bits per heavy atom. The monoisotopic (exact) mass is 501 g/mol. The van der Waals surface area contributed by atoms with Gasteiger partial charge in [0.25, 0.3) is 5.91 Å². The Hall–Kier alpha value is -3.80. The van der Waals surface area contributed by atoms with Gasteiger partial charge in [0.05, 0.1) is 13.2 Å². The molecule has 0 unspecified atom stereocenters. The molecule has 0 aliphatic heterocycles. The number of rotatable bonds is 10. The molecular formula is C23H27N5O6S. The standard InChI is InChI=1S/C23H27N5O6S/c1-7-8-16(29)27-17(11(2)3)22-26-15(10-35-22)21-28-18(13(5)34-21)19(30)24-12(4)20-25-14(9-33-20)23(31)32-6/h7,9-12,17H,1,8H2,2-6H3,(H,24,30)(H,27,29)/t12-,17-/m0/s1. The molecule has 3 rings (SSSR count). The number of nitrogens with zero attached hydrogens (tertiary/aromatic N) is 3. The summed E-state index contributed by atoms with van der Waals surface area (Å²) in [4.78, 5) is 49.4. The Morgan fingerprint density at radius 1 is 1.20 bits per heavy atom. The van der Waals surface area contributed by atoms with Gasteiger partial charge in [0.1, 0.15) is 28.8 Å². The molecule has 186 valence electrons. The average Bonchev–Trinajstić information content (AvgIpc) is 3.56. The molecule has 0 saturated heterocycles. The number of esters is 1. The molecule has 0 aliphatic rings. The maximum atomic E-state index is 12.8. The zero-order valence-electron chi connectivity index (χ0n) is 20.1. The van der Waals surface area contributed by atoms with Crippen molar-refractivity contribution >= 4 is 29.1 Å². The van der Waals surface area contributed by atoms with Crippen LogP contribution in [0.5, 0.6) is 0 Å². The topological polar surface area (TPSA) is 149 Å². The fourth-order valence-electron chi connectivity index (χ4n) is 3.13. The second kappa shape index (κ2) is 11.1. The Balaban J connectivity index is 1.74. The summed E-state index contributed by atoms with van der Waals surface area (Å²) in [6.45, 7) is 10.8. The third-order valence-corrected chi connectivity index (χ3v) is 5.89. The van der Waals surface area contributed by atoms with Gasteiger partial charge in [0, 0.05) is 11.8 Å². The Morgan fingerprint density at radius 3 is 2.60 bits per heavy atom. The first-order chi connectivity index (χ1) is 16.6. The SMILES string of the molecule is C=CCC(=O)N[C@H](c1nc(-c2nc(C(=O)N[C@@H](C)c3nc(C(=O)OC)co3)c(C)o2)cs1)C(C)C. The molecule has 35 heavy (non-hydrogen) atoms. The number of nitrogens with one attached hydrogen (secondary N) is 2. The Labute approximate surface area is 206 Å². The highest BCUT2D eigenvalue weighted by Gasteiger charge is 2.26. The summed E-state index contributed by atoms with van der Waals surface area (Å²) in [5.41, 5.74) is 0.545. The summed E-state index contributed by atoms with van der Waals surface area (Å²) in [5.74, 6) is -0.545. The minimum atomic E-state index is -0.641. The largest absolute Gasteiger partial charge is 0.464 e. The van der Waals surface area contributed by atoms with Gasteiger partial charge in [0.15, 0.2) is 11.4 Å². The van der Waals surface area contributed by atoms with Gasteiger partial charge in [-0.1, -0.05) is 19.9 Å². The molecule has 3 heterocycles. The van der Waals surface area contributed by atoms with Crippen molar-refractivity contribution in [1.82, 2.24) is 25.6 Å². The van der Waals surface area contributed by atoms with E-state index in [2.05, 4.69) is 36.9 Å². The van der Waals surface area contributed by atoms with E-state index in [-0.39, 0.29) is 47.5 Å². The molecule has 3 aromatic rings. The summed E-state index contributed by atoms with van der Waals surface area (Å²) in [7, 11) is 1.24. The molecule has 2 N–H and O–H groups in total.